The molecule has 1 aliphatic rings. The van der Waals surface area contributed by atoms with Gasteiger partial charge in [0, 0.05) is 6.42 Å². The molecule has 0 aromatic rings. The molecule has 18 heteroatoms. The predicted octanol–water partition coefficient (Wildman–Crippen LogP) is -1.46. The lowest BCUT2D eigenvalue weighted by molar-refractivity contribution is -0.143. The molecule has 0 unspecified atom stereocenters. The Morgan fingerprint density at radius 3 is 1.57 bits per heavy atom. The Bertz CT molecular complexity index is 1290. The third kappa shape index (κ3) is 17.4. The highest BCUT2D eigenvalue weighted by Crippen LogP contribution is 2.12. The molecule has 0 radical (unpaired) electrons. The molecule has 302 valence electrons. The SMILES string of the molecule is CC(C)C[C@H](NC(=O)[C@@H](NC(=O)[C@H](C)NC(=O)[C@H](CCC(N)=O)NC(=O)[C@H](CC(C)C)NC(=O)[C@H](CC(C)C)NC(=O)[C@@H]1CCCN1)[C@@H](C)O)C(=O)O. The molecule has 8 atom stereocenters. The molecule has 0 aliphatic carbocycles. The van der Waals surface area contributed by atoms with Crippen molar-refractivity contribution in [1.82, 2.24) is 37.2 Å². The highest BCUT2D eigenvalue weighted by Gasteiger charge is 2.35. The van der Waals surface area contributed by atoms with Crippen molar-refractivity contribution in [1.29, 1.82) is 0 Å². The first-order valence-corrected chi connectivity index (χ1v) is 18.4. The van der Waals surface area contributed by atoms with Gasteiger partial charge in [0.25, 0.3) is 0 Å². The van der Waals surface area contributed by atoms with Crippen molar-refractivity contribution in [2.75, 3.05) is 6.54 Å². The van der Waals surface area contributed by atoms with E-state index >= 15 is 0 Å². The molecule has 1 heterocycles. The lowest BCUT2D eigenvalue weighted by atomic mass is 9.99. The first-order valence-electron chi connectivity index (χ1n) is 18.4. The van der Waals surface area contributed by atoms with E-state index in [4.69, 9.17) is 5.73 Å². The number of hydrogen-bond acceptors (Lipinski definition) is 10. The van der Waals surface area contributed by atoms with Crippen molar-refractivity contribution in [2.24, 2.45) is 23.5 Å². The Morgan fingerprint density at radius 2 is 1.11 bits per heavy atom. The van der Waals surface area contributed by atoms with E-state index in [-0.39, 0.29) is 49.3 Å². The zero-order valence-electron chi connectivity index (χ0n) is 32.2. The zero-order chi connectivity index (χ0) is 40.6. The third-order valence-electron chi connectivity index (χ3n) is 8.51. The molecule has 1 fully saturated rings. The zero-order valence-corrected chi connectivity index (χ0v) is 32.2. The number of amides is 7. The van der Waals surface area contributed by atoms with E-state index in [0.717, 1.165) is 6.42 Å². The van der Waals surface area contributed by atoms with Crippen LogP contribution in [0.5, 0.6) is 0 Å². The summed E-state index contributed by atoms with van der Waals surface area (Å²) in [6.07, 6.45) is 0.0161. The van der Waals surface area contributed by atoms with Gasteiger partial charge in [-0.05, 0) is 76.7 Å². The monoisotopic (exact) mass is 754 g/mol. The van der Waals surface area contributed by atoms with Crippen molar-refractivity contribution < 1.29 is 48.6 Å². The van der Waals surface area contributed by atoms with E-state index in [2.05, 4.69) is 37.2 Å². The molecule has 1 aliphatic heterocycles. The number of carbonyl (C=O) groups is 8. The van der Waals surface area contributed by atoms with Crippen LogP contribution in [0.3, 0.4) is 0 Å². The minimum atomic E-state index is -1.57. The minimum absolute atomic E-state index is 0.0258. The smallest absolute Gasteiger partial charge is 0.326 e. The maximum atomic E-state index is 13.7. The number of aliphatic carboxylic acids is 1. The fourth-order valence-corrected chi connectivity index (χ4v) is 5.70. The van der Waals surface area contributed by atoms with Crippen molar-refractivity contribution in [3.05, 3.63) is 0 Å². The molecule has 0 aromatic heterocycles. The van der Waals surface area contributed by atoms with Crippen LogP contribution in [0.25, 0.3) is 0 Å². The average molecular weight is 755 g/mol. The largest absolute Gasteiger partial charge is 0.480 e. The summed E-state index contributed by atoms with van der Waals surface area (Å²) < 4.78 is 0. The maximum Gasteiger partial charge on any atom is 0.326 e. The number of rotatable bonds is 23. The van der Waals surface area contributed by atoms with Gasteiger partial charge in [-0.3, -0.25) is 33.6 Å². The maximum absolute atomic E-state index is 13.7. The summed E-state index contributed by atoms with van der Waals surface area (Å²) >= 11 is 0. The summed E-state index contributed by atoms with van der Waals surface area (Å²) in [5.74, 6) is -6.59. The normalized spacial score (nSPS) is 18.2. The molecular formula is C35H62N8O10. The summed E-state index contributed by atoms with van der Waals surface area (Å²) in [4.78, 5) is 103. The van der Waals surface area contributed by atoms with Crippen molar-refractivity contribution >= 4 is 47.3 Å². The number of aliphatic hydroxyl groups is 1. The second-order valence-corrected chi connectivity index (χ2v) is 15.1. The van der Waals surface area contributed by atoms with Gasteiger partial charge in [0.05, 0.1) is 12.1 Å². The Kier molecular flexibility index (Phi) is 20.0. The molecule has 53 heavy (non-hydrogen) atoms. The van der Waals surface area contributed by atoms with Crippen molar-refractivity contribution in [3.8, 4) is 0 Å². The Morgan fingerprint density at radius 1 is 0.642 bits per heavy atom. The number of nitrogens with one attached hydrogen (secondary N) is 7. The lowest BCUT2D eigenvalue weighted by Gasteiger charge is -2.28. The summed E-state index contributed by atoms with van der Waals surface area (Å²) in [5, 5.41) is 37.9. The van der Waals surface area contributed by atoms with Gasteiger partial charge >= 0.3 is 5.97 Å². The van der Waals surface area contributed by atoms with Gasteiger partial charge in [-0.25, -0.2) is 4.79 Å². The van der Waals surface area contributed by atoms with Crippen molar-refractivity contribution in [2.45, 2.75) is 149 Å². The third-order valence-corrected chi connectivity index (χ3v) is 8.51. The fourth-order valence-electron chi connectivity index (χ4n) is 5.70. The minimum Gasteiger partial charge on any atom is -0.480 e. The number of carbonyl (C=O) groups excluding carboxylic acids is 7. The van der Waals surface area contributed by atoms with Gasteiger partial charge in [0.15, 0.2) is 0 Å². The number of aliphatic hydroxyl groups excluding tert-OH is 1. The topological polar surface area (TPSA) is 287 Å². The molecular weight excluding hydrogens is 692 g/mol. The van der Waals surface area contributed by atoms with E-state index < -0.39 is 89.8 Å². The molecule has 7 amide bonds. The molecule has 0 bridgehead atoms. The Balaban J connectivity index is 3.12. The van der Waals surface area contributed by atoms with E-state index in [1.165, 1.54) is 13.8 Å². The molecule has 0 aromatic carbocycles. The number of nitrogens with two attached hydrogens (primary N) is 1. The van der Waals surface area contributed by atoms with E-state index in [1.54, 1.807) is 13.8 Å². The van der Waals surface area contributed by atoms with Gasteiger partial charge < -0.3 is 53.2 Å². The average Bonchev–Trinajstić information content (AvgIpc) is 3.58. The lowest BCUT2D eigenvalue weighted by Crippen LogP contribution is -2.60. The molecule has 1 rings (SSSR count). The summed E-state index contributed by atoms with van der Waals surface area (Å²) in [5.41, 5.74) is 5.32. The van der Waals surface area contributed by atoms with Crippen LogP contribution in [0, 0.1) is 17.8 Å². The quantitative estimate of drug-likeness (QED) is 0.0575. The summed E-state index contributed by atoms with van der Waals surface area (Å²) in [7, 11) is 0. The molecule has 1 saturated heterocycles. The highest BCUT2D eigenvalue weighted by molar-refractivity contribution is 5.97. The summed E-state index contributed by atoms with van der Waals surface area (Å²) in [6.45, 7) is 14.2. The van der Waals surface area contributed by atoms with Crippen LogP contribution in [0.15, 0.2) is 0 Å². The highest BCUT2D eigenvalue weighted by atomic mass is 16.4. The second kappa shape index (κ2) is 22.7. The number of carboxylic acid groups (broad SMARTS) is 1. The van der Waals surface area contributed by atoms with Gasteiger partial charge in [0.1, 0.15) is 36.3 Å². The number of carboxylic acids is 1. The van der Waals surface area contributed by atoms with E-state index in [9.17, 15) is 48.6 Å². The summed E-state index contributed by atoms with van der Waals surface area (Å²) in [6, 6.07) is -8.06. The van der Waals surface area contributed by atoms with Crippen LogP contribution in [0.2, 0.25) is 0 Å². The van der Waals surface area contributed by atoms with Crippen LogP contribution in [0.4, 0.5) is 0 Å². The number of primary amides is 1. The van der Waals surface area contributed by atoms with E-state index in [1.807, 2.05) is 27.7 Å². The van der Waals surface area contributed by atoms with Gasteiger partial charge in [0.2, 0.25) is 41.4 Å². The van der Waals surface area contributed by atoms with Gasteiger partial charge in [-0.1, -0.05) is 41.5 Å². The standard InChI is InChI=1S/C35H62N8O10/c1-17(2)14-24(41-33(50)25(15-18(3)4)40-30(47)22-10-9-13-37-22)32(49)39-23(11-12-27(36)45)31(48)38-20(7)29(46)43-28(21(8)44)34(51)42-26(35(52)53)16-19(5)6/h17-26,28,37,44H,9-16H2,1-8H3,(H2,36,45)(H,38,48)(H,39,49)(H,40,47)(H,41,50)(H,42,51)(H,43,46)(H,52,53)/t20-,21+,22-,23-,24-,25-,26-,28-/m0/s1. The van der Waals surface area contributed by atoms with E-state index in [0.29, 0.717) is 19.4 Å². The Labute approximate surface area is 311 Å². The van der Waals surface area contributed by atoms with Crippen LogP contribution in [-0.2, 0) is 38.4 Å². The second-order valence-electron chi connectivity index (χ2n) is 15.1. The Hall–Kier alpha value is -4.32. The number of hydrogen-bond donors (Lipinski definition) is 10. The molecule has 18 nitrogen and oxygen atoms in total. The van der Waals surface area contributed by atoms with Crippen LogP contribution >= 0.6 is 0 Å². The van der Waals surface area contributed by atoms with Gasteiger partial charge in [-0.15, -0.1) is 0 Å². The molecule has 0 spiro atoms. The molecule has 11 N–H and O–H groups in total. The van der Waals surface area contributed by atoms with Gasteiger partial charge in [-0.2, -0.15) is 0 Å². The predicted molar refractivity (Wildman–Crippen MR) is 194 cm³/mol. The van der Waals surface area contributed by atoms with Crippen LogP contribution in [0.1, 0.15) is 100 Å². The molecule has 0 saturated carbocycles. The van der Waals surface area contributed by atoms with Crippen LogP contribution < -0.4 is 43.0 Å². The first kappa shape index (κ1) is 46.7. The fraction of sp³-hybridized carbons (Fsp3) is 0.771. The van der Waals surface area contributed by atoms with Crippen LogP contribution in [-0.4, -0.2) is 112 Å². The van der Waals surface area contributed by atoms with Crippen molar-refractivity contribution in [3.63, 3.8) is 0 Å². The first-order chi connectivity index (χ1) is 24.6.